The summed E-state index contributed by atoms with van der Waals surface area (Å²) < 4.78 is 11.6. The standard InChI is InChI=1S/C9H11BrN2O2/c10-8-3-11-6-12-9(8)14-5-7-1-2-13-4-7/h3,6-7H,1-2,4-5H2. The molecule has 0 saturated carbocycles. The van der Waals surface area contributed by atoms with Crippen LogP contribution >= 0.6 is 15.9 Å². The van der Waals surface area contributed by atoms with E-state index in [9.17, 15) is 0 Å². The zero-order valence-electron chi connectivity index (χ0n) is 7.65. The molecular formula is C9H11BrN2O2. The molecule has 76 valence electrons. The van der Waals surface area contributed by atoms with Gasteiger partial charge < -0.3 is 9.47 Å². The van der Waals surface area contributed by atoms with Crippen molar-refractivity contribution >= 4 is 15.9 Å². The third kappa shape index (κ3) is 2.42. The van der Waals surface area contributed by atoms with Gasteiger partial charge in [0.05, 0.1) is 17.7 Å². The lowest BCUT2D eigenvalue weighted by atomic mass is 10.1. The lowest BCUT2D eigenvalue weighted by molar-refractivity contribution is 0.165. The molecule has 0 amide bonds. The molecule has 0 aromatic carbocycles. The second-order valence-electron chi connectivity index (χ2n) is 3.22. The first-order valence-electron chi connectivity index (χ1n) is 4.52. The Balaban J connectivity index is 1.88. The van der Waals surface area contributed by atoms with E-state index in [1.807, 2.05) is 0 Å². The van der Waals surface area contributed by atoms with E-state index < -0.39 is 0 Å². The lowest BCUT2D eigenvalue weighted by Crippen LogP contribution is -2.12. The molecule has 1 unspecified atom stereocenters. The lowest BCUT2D eigenvalue weighted by Gasteiger charge is -2.09. The molecular weight excluding hydrogens is 248 g/mol. The number of nitrogens with zero attached hydrogens (tertiary/aromatic N) is 2. The number of aromatic nitrogens is 2. The molecule has 4 nitrogen and oxygen atoms in total. The van der Waals surface area contributed by atoms with Gasteiger partial charge in [0, 0.05) is 18.7 Å². The Morgan fingerprint density at radius 3 is 3.29 bits per heavy atom. The Morgan fingerprint density at radius 1 is 1.64 bits per heavy atom. The highest BCUT2D eigenvalue weighted by atomic mass is 79.9. The fourth-order valence-corrected chi connectivity index (χ4v) is 1.65. The van der Waals surface area contributed by atoms with E-state index >= 15 is 0 Å². The molecule has 1 aliphatic heterocycles. The maximum Gasteiger partial charge on any atom is 0.231 e. The summed E-state index contributed by atoms with van der Waals surface area (Å²) in [6, 6.07) is 0. The molecule has 2 rings (SSSR count). The van der Waals surface area contributed by atoms with Crippen LogP contribution < -0.4 is 4.74 Å². The molecule has 0 bridgehead atoms. The Kier molecular flexibility index (Phi) is 3.31. The third-order valence-electron chi connectivity index (χ3n) is 2.11. The second-order valence-corrected chi connectivity index (χ2v) is 4.07. The van der Waals surface area contributed by atoms with Gasteiger partial charge in [-0.15, -0.1) is 0 Å². The van der Waals surface area contributed by atoms with Gasteiger partial charge in [0.2, 0.25) is 5.88 Å². The van der Waals surface area contributed by atoms with Gasteiger partial charge in [-0.3, -0.25) is 0 Å². The predicted molar refractivity (Wildman–Crippen MR) is 54.2 cm³/mol. The van der Waals surface area contributed by atoms with Crippen LogP contribution in [0, 0.1) is 5.92 Å². The normalized spacial score (nSPS) is 21.1. The molecule has 1 aromatic rings. The molecule has 0 radical (unpaired) electrons. The molecule has 1 aliphatic rings. The summed E-state index contributed by atoms with van der Waals surface area (Å²) in [6.07, 6.45) is 4.22. The van der Waals surface area contributed by atoms with Crippen LogP contribution in [0.4, 0.5) is 0 Å². The van der Waals surface area contributed by atoms with E-state index in [2.05, 4.69) is 25.9 Å². The molecule has 5 heteroatoms. The molecule has 1 saturated heterocycles. The average molecular weight is 259 g/mol. The summed E-state index contributed by atoms with van der Waals surface area (Å²) in [7, 11) is 0. The van der Waals surface area contributed by atoms with Crippen LogP contribution in [0.5, 0.6) is 5.88 Å². The molecule has 0 spiro atoms. The molecule has 14 heavy (non-hydrogen) atoms. The van der Waals surface area contributed by atoms with Gasteiger partial charge in [-0.05, 0) is 22.4 Å². The SMILES string of the molecule is Brc1cncnc1OCC1CCOC1. The number of hydrogen-bond acceptors (Lipinski definition) is 4. The van der Waals surface area contributed by atoms with Crippen molar-refractivity contribution in [2.45, 2.75) is 6.42 Å². The number of ether oxygens (including phenoxy) is 2. The smallest absolute Gasteiger partial charge is 0.231 e. The monoisotopic (exact) mass is 258 g/mol. The van der Waals surface area contributed by atoms with Crippen molar-refractivity contribution in [3.8, 4) is 5.88 Å². The van der Waals surface area contributed by atoms with Crippen LogP contribution in [0.1, 0.15) is 6.42 Å². The first-order chi connectivity index (χ1) is 6.86. The van der Waals surface area contributed by atoms with Crippen molar-refractivity contribution < 1.29 is 9.47 Å². The van der Waals surface area contributed by atoms with Gasteiger partial charge in [0.15, 0.2) is 0 Å². The first-order valence-corrected chi connectivity index (χ1v) is 5.31. The quantitative estimate of drug-likeness (QED) is 0.828. The van der Waals surface area contributed by atoms with Crippen LogP contribution in [-0.4, -0.2) is 29.8 Å². The zero-order valence-corrected chi connectivity index (χ0v) is 9.24. The van der Waals surface area contributed by atoms with Crippen molar-refractivity contribution in [1.82, 2.24) is 9.97 Å². The van der Waals surface area contributed by atoms with E-state index in [0.29, 0.717) is 18.4 Å². The maximum atomic E-state index is 5.54. The Bertz CT molecular complexity index is 303. The summed E-state index contributed by atoms with van der Waals surface area (Å²) in [5.41, 5.74) is 0. The van der Waals surface area contributed by atoms with E-state index in [0.717, 1.165) is 24.1 Å². The van der Waals surface area contributed by atoms with Crippen LogP contribution in [0.25, 0.3) is 0 Å². The number of rotatable bonds is 3. The van der Waals surface area contributed by atoms with Gasteiger partial charge >= 0.3 is 0 Å². The van der Waals surface area contributed by atoms with Gasteiger partial charge in [-0.2, -0.15) is 0 Å². The van der Waals surface area contributed by atoms with Gasteiger partial charge in [0.25, 0.3) is 0 Å². The zero-order chi connectivity index (χ0) is 9.80. The summed E-state index contributed by atoms with van der Waals surface area (Å²) >= 11 is 3.32. The Morgan fingerprint density at radius 2 is 2.57 bits per heavy atom. The molecule has 0 aliphatic carbocycles. The first kappa shape index (κ1) is 9.86. The van der Waals surface area contributed by atoms with E-state index in [1.165, 1.54) is 6.33 Å². The number of halogens is 1. The average Bonchev–Trinajstić information content (AvgIpc) is 2.69. The minimum atomic E-state index is 0.497. The molecule has 0 N–H and O–H groups in total. The highest BCUT2D eigenvalue weighted by Crippen LogP contribution is 2.21. The third-order valence-corrected chi connectivity index (χ3v) is 2.66. The highest BCUT2D eigenvalue weighted by Gasteiger charge is 2.16. The van der Waals surface area contributed by atoms with E-state index in [1.54, 1.807) is 6.20 Å². The molecule has 1 fully saturated rings. The summed E-state index contributed by atoms with van der Waals surface area (Å²) in [5, 5.41) is 0. The fourth-order valence-electron chi connectivity index (χ4n) is 1.32. The van der Waals surface area contributed by atoms with Gasteiger partial charge in [-0.25, -0.2) is 9.97 Å². The van der Waals surface area contributed by atoms with Crippen molar-refractivity contribution in [1.29, 1.82) is 0 Å². The van der Waals surface area contributed by atoms with Crippen LogP contribution in [0.2, 0.25) is 0 Å². The van der Waals surface area contributed by atoms with Crippen LogP contribution in [-0.2, 0) is 4.74 Å². The Hall–Kier alpha value is -0.680. The minimum absolute atomic E-state index is 0.497. The minimum Gasteiger partial charge on any atom is -0.476 e. The van der Waals surface area contributed by atoms with Crippen molar-refractivity contribution in [3.63, 3.8) is 0 Å². The topological polar surface area (TPSA) is 44.2 Å². The summed E-state index contributed by atoms with van der Waals surface area (Å²) in [6.45, 7) is 2.30. The summed E-state index contributed by atoms with van der Waals surface area (Å²) in [4.78, 5) is 7.88. The maximum absolute atomic E-state index is 5.54. The highest BCUT2D eigenvalue weighted by molar-refractivity contribution is 9.10. The van der Waals surface area contributed by atoms with Gasteiger partial charge in [-0.1, -0.05) is 0 Å². The molecule has 1 atom stereocenters. The van der Waals surface area contributed by atoms with Crippen LogP contribution in [0.3, 0.4) is 0 Å². The van der Waals surface area contributed by atoms with E-state index in [-0.39, 0.29) is 0 Å². The second kappa shape index (κ2) is 4.70. The van der Waals surface area contributed by atoms with Crippen molar-refractivity contribution in [2.24, 2.45) is 5.92 Å². The largest absolute Gasteiger partial charge is 0.476 e. The van der Waals surface area contributed by atoms with E-state index in [4.69, 9.17) is 9.47 Å². The molecule has 2 heterocycles. The summed E-state index contributed by atoms with van der Waals surface area (Å²) in [5.74, 6) is 1.10. The molecule has 1 aromatic heterocycles. The van der Waals surface area contributed by atoms with Gasteiger partial charge in [0.1, 0.15) is 6.33 Å². The Labute approximate surface area is 90.8 Å². The predicted octanol–water partition coefficient (Wildman–Crippen LogP) is 1.65. The van der Waals surface area contributed by atoms with Crippen LogP contribution in [0.15, 0.2) is 17.0 Å². The fraction of sp³-hybridized carbons (Fsp3) is 0.556. The number of hydrogen-bond donors (Lipinski definition) is 0. The van der Waals surface area contributed by atoms with Crippen molar-refractivity contribution in [3.05, 3.63) is 17.0 Å². The van der Waals surface area contributed by atoms with Crippen molar-refractivity contribution in [2.75, 3.05) is 19.8 Å².